The van der Waals surface area contributed by atoms with Crippen molar-refractivity contribution in [1.82, 2.24) is 9.78 Å². The lowest BCUT2D eigenvalue weighted by atomic mass is 10.1. The summed E-state index contributed by atoms with van der Waals surface area (Å²) in [6, 6.07) is 7.36. The number of nitrogens with one attached hydrogen (secondary N) is 1. The molecule has 1 aliphatic rings. The summed E-state index contributed by atoms with van der Waals surface area (Å²) < 4.78 is 1.70. The van der Waals surface area contributed by atoms with Crippen molar-refractivity contribution in [2.24, 2.45) is 7.05 Å². The molecule has 3 rings (SSSR count). The summed E-state index contributed by atoms with van der Waals surface area (Å²) in [5.41, 5.74) is 3.72. The third kappa shape index (κ3) is 2.84. The molecule has 0 aliphatic carbocycles. The summed E-state index contributed by atoms with van der Waals surface area (Å²) in [6.45, 7) is 4.46. The van der Waals surface area contributed by atoms with E-state index < -0.39 is 0 Å². The first kappa shape index (κ1) is 15.3. The Labute approximate surface area is 135 Å². The molecular formula is C17H20N4O2. The van der Waals surface area contributed by atoms with Crippen LogP contribution in [0.3, 0.4) is 0 Å². The molecule has 2 heterocycles. The summed E-state index contributed by atoms with van der Waals surface area (Å²) in [5.74, 6) is -0.0125. The van der Waals surface area contributed by atoms with E-state index in [9.17, 15) is 9.59 Å². The van der Waals surface area contributed by atoms with E-state index >= 15 is 0 Å². The molecule has 0 atom stereocenters. The van der Waals surface area contributed by atoms with Crippen LogP contribution in [0.5, 0.6) is 0 Å². The number of anilines is 2. The second-order valence-electron chi connectivity index (χ2n) is 5.82. The van der Waals surface area contributed by atoms with Gasteiger partial charge in [-0.25, -0.2) is 0 Å². The number of rotatable bonds is 3. The van der Waals surface area contributed by atoms with Crippen molar-refractivity contribution in [3.05, 3.63) is 41.2 Å². The number of hydrogen-bond acceptors (Lipinski definition) is 3. The molecule has 0 bridgehead atoms. The maximum Gasteiger partial charge on any atom is 0.259 e. The molecule has 0 radical (unpaired) electrons. The van der Waals surface area contributed by atoms with E-state index in [-0.39, 0.29) is 11.8 Å². The number of aryl methyl sites for hydroxylation is 2. The molecule has 23 heavy (non-hydrogen) atoms. The average Bonchev–Trinajstić information content (AvgIpc) is 3.04. The highest BCUT2D eigenvalue weighted by atomic mass is 16.2. The number of carbonyl (C=O) groups excluding carboxylic acids is 2. The summed E-state index contributed by atoms with van der Waals surface area (Å²) >= 11 is 0. The normalized spacial score (nSPS) is 14.4. The van der Waals surface area contributed by atoms with Gasteiger partial charge in [0.15, 0.2) is 0 Å². The molecule has 1 fully saturated rings. The SMILES string of the molecule is Cc1nn(C)c(C)c1C(=O)Nc1ccc(N2CCCC2=O)cc1. The van der Waals surface area contributed by atoms with E-state index in [0.717, 1.165) is 24.3 Å². The molecule has 0 saturated carbocycles. The Balaban J connectivity index is 1.75. The van der Waals surface area contributed by atoms with Gasteiger partial charge in [-0.05, 0) is 44.5 Å². The van der Waals surface area contributed by atoms with E-state index in [2.05, 4.69) is 10.4 Å². The second-order valence-corrected chi connectivity index (χ2v) is 5.82. The van der Waals surface area contributed by atoms with Gasteiger partial charge >= 0.3 is 0 Å². The number of aromatic nitrogens is 2. The van der Waals surface area contributed by atoms with Gasteiger partial charge in [-0.2, -0.15) is 5.10 Å². The number of amides is 2. The van der Waals surface area contributed by atoms with Gasteiger partial charge in [0.25, 0.3) is 5.91 Å². The largest absolute Gasteiger partial charge is 0.322 e. The van der Waals surface area contributed by atoms with Crippen molar-refractivity contribution in [2.45, 2.75) is 26.7 Å². The predicted octanol–water partition coefficient (Wildman–Crippen LogP) is 2.42. The van der Waals surface area contributed by atoms with Gasteiger partial charge in [-0.15, -0.1) is 0 Å². The number of nitrogens with zero attached hydrogens (tertiary/aromatic N) is 3. The molecule has 120 valence electrons. The van der Waals surface area contributed by atoms with E-state index in [4.69, 9.17) is 0 Å². The zero-order valence-electron chi connectivity index (χ0n) is 13.6. The zero-order chi connectivity index (χ0) is 16.6. The topological polar surface area (TPSA) is 67.2 Å². The van der Waals surface area contributed by atoms with Crippen LogP contribution in [0.2, 0.25) is 0 Å². The number of benzene rings is 1. The summed E-state index contributed by atoms with van der Waals surface area (Å²) in [6.07, 6.45) is 1.51. The highest BCUT2D eigenvalue weighted by Crippen LogP contribution is 2.23. The third-order valence-electron chi connectivity index (χ3n) is 4.25. The summed E-state index contributed by atoms with van der Waals surface area (Å²) in [7, 11) is 1.82. The quantitative estimate of drug-likeness (QED) is 0.946. The van der Waals surface area contributed by atoms with Crippen LogP contribution in [-0.4, -0.2) is 28.1 Å². The molecule has 6 nitrogen and oxygen atoms in total. The minimum absolute atomic E-state index is 0.156. The van der Waals surface area contributed by atoms with Crippen molar-refractivity contribution in [3.8, 4) is 0 Å². The fraction of sp³-hybridized carbons (Fsp3) is 0.353. The van der Waals surface area contributed by atoms with Crippen LogP contribution < -0.4 is 10.2 Å². The standard InChI is InChI=1S/C17H20N4O2/c1-11-16(12(2)20(3)19-11)17(23)18-13-6-8-14(9-7-13)21-10-4-5-15(21)22/h6-9H,4-5,10H2,1-3H3,(H,18,23). The second kappa shape index (κ2) is 5.87. The molecule has 0 spiro atoms. The fourth-order valence-corrected chi connectivity index (χ4v) is 2.94. The molecule has 1 aromatic heterocycles. The van der Waals surface area contributed by atoms with Crippen molar-refractivity contribution in [2.75, 3.05) is 16.8 Å². The Kier molecular flexibility index (Phi) is 3.90. The Morgan fingerprint density at radius 1 is 1.22 bits per heavy atom. The van der Waals surface area contributed by atoms with Gasteiger partial charge in [-0.1, -0.05) is 0 Å². The van der Waals surface area contributed by atoms with E-state index in [1.165, 1.54) is 0 Å². The number of hydrogen-bond donors (Lipinski definition) is 1. The van der Waals surface area contributed by atoms with Crippen LogP contribution in [0, 0.1) is 13.8 Å². The van der Waals surface area contributed by atoms with E-state index in [1.807, 2.05) is 45.2 Å². The molecule has 1 saturated heterocycles. The molecule has 2 amide bonds. The Morgan fingerprint density at radius 2 is 1.91 bits per heavy atom. The first-order chi connectivity index (χ1) is 11.0. The van der Waals surface area contributed by atoms with Gasteiger partial charge < -0.3 is 10.2 Å². The first-order valence-corrected chi connectivity index (χ1v) is 7.69. The smallest absolute Gasteiger partial charge is 0.259 e. The van der Waals surface area contributed by atoms with Crippen LogP contribution in [-0.2, 0) is 11.8 Å². The van der Waals surface area contributed by atoms with Crippen molar-refractivity contribution in [3.63, 3.8) is 0 Å². The van der Waals surface area contributed by atoms with Crippen LogP contribution in [0.15, 0.2) is 24.3 Å². The average molecular weight is 312 g/mol. The zero-order valence-corrected chi connectivity index (χ0v) is 13.6. The highest BCUT2D eigenvalue weighted by Gasteiger charge is 2.22. The van der Waals surface area contributed by atoms with Gasteiger partial charge in [-0.3, -0.25) is 14.3 Å². The van der Waals surface area contributed by atoms with Crippen molar-refractivity contribution >= 4 is 23.2 Å². The molecular weight excluding hydrogens is 292 g/mol. The molecule has 0 unspecified atom stereocenters. The number of carbonyl (C=O) groups is 2. The lowest BCUT2D eigenvalue weighted by Crippen LogP contribution is -2.23. The van der Waals surface area contributed by atoms with Gasteiger partial charge in [0.2, 0.25) is 5.91 Å². The maximum atomic E-state index is 12.4. The van der Waals surface area contributed by atoms with Crippen LogP contribution in [0.4, 0.5) is 11.4 Å². The molecule has 1 aromatic carbocycles. The molecule has 1 N–H and O–H groups in total. The Bertz CT molecular complexity index is 762. The fourth-order valence-electron chi connectivity index (χ4n) is 2.94. The van der Waals surface area contributed by atoms with E-state index in [1.54, 1.807) is 9.58 Å². The lowest BCUT2D eigenvalue weighted by molar-refractivity contribution is -0.117. The minimum atomic E-state index is -0.168. The molecule has 2 aromatic rings. The monoisotopic (exact) mass is 312 g/mol. The molecule has 1 aliphatic heterocycles. The van der Waals surface area contributed by atoms with Crippen LogP contribution >= 0.6 is 0 Å². The first-order valence-electron chi connectivity index (χ1n) is 7.69. The predicted molar refractivity (Wildman–Crippen MR) is 88.7 cm³/mol. The van der Waals surface area contributed by atoms with Gasteiger partial charge in [0, 0.05) is 37.1 Å². The highest BCUT2D eigenvalue weighted by molar-refractivity contribution is 6.06. The Hall–Kier alpha value is -2.63. The van der Waals surface area contributed by atoms with Crippen LogP contribution in [0.1, 0.15) is 34.6 Å². The lowest BCUT2D eigenvalue weighted by Gasteiger charge is -2.16. The van der Waals surface area contributed by atoms with Crippen molar-refractivity contribution < 1.29 is 9.59 Å². The molecule has 6 heteroatoms. The summed E-state index contributed by atoms with van der Waals surface area (Å²) in [4.78, 5) is 26.0. The Morgan fingerprint density at radius 3 is 2.43 bits per heavy atom. The van der Waals surface area contributed by atoms with E-state index in [0.29, 0.717) is 23.4 Å². The maximum absolute atomic E-state index is 12.4. The van der Waals surface area contributed by atoms with Crippen LogP contribution in [0.25, 0.3) is 0 Å². The van der Waals surface area contributed by atoms with Crippen molar-refractivity contribution in [1.29, 1.82) is 0 Å². The minimum Gasteiger partial charge on any atom is -0.322 e. The summed E-state index contributed by atoms with van der Waals surface area (Å²) in [5, 5.41) is 7.15. The third-order valence-corrected chi connectivity index (χ3v) is 4.25. The van der Waals surface area contributed by atoms with Gasteiger partial charge in [0.1, 0.15) is 0 Å². The van der Waals surface area contributed by atoms with Gasteiger partial charge in [0.05, 0.1) is 11.3 Å².